The Morgan fingerprint density at radius 3 is 2.40 bits per heavy atom. The fourth-order valence-electron chi connectivity index (χ4n) is 6.00. The van der Waals surface area contributed by atoms with Gasteiger partial charge in [0.25, 0.3) is 5.91 Å². The third-order valence-electron chi connectivity index (χ3n) is 8.61. The van der Waals surface area contributed by atoms with Gasteiger partial charge in [-0.2, -0.15) is 4.31 Å². The van der Waals surface area contributed by atoms with Crippen LogP contribution in [0, 0.1) is 5.41 Å². The first-order valence-electron chi connectivity index (χ1n) is 17.4. The van der Waals surface area contributed by atoms with Crippen molar-refractivity contribution in [1.82, 2.24) is 24.4 Å². The monoisotopic (exact) mass is 757 g/mol. The third-order valence-corrected chi connectivity index (χ3v) is 11.3. The number of aliphatic hydroxyl groups is 1. The fraction of sp³-hybridized carbons (Fsp3) is 0.514. The predicted molar refractivity (Wildman–Crippen MR) is 198 cm³/mol. The molecule has 15 heteroatoms. The molecule has 1 aliphatic heterocycles. The molecule has 3 atom stereocenters. The van der Waals surface area contributed by atoms with Crippen LogP contribution in [0.15, 0.2) is 64.9 Å². The molecule has 4 amide bonds. The highest BCUT2D eigenvalue weighted by Gasteiger charge is 2.43. The number of imide groups is 1. The van der Waals surface area contributed by atoms with E-state index >= 15 is 0 Å². The number of amides is 4. The summed E-state index contributed by atoms with van der Waals surface area (Å²) < 4.78 is 39.6. The lowest BCUT2D eigenvalue weighted by Gasteiger charge is -2.34. The van der Waals surface area contributed by atoms with Crippen LogP contribution in [0.2, 0.25) is 0 Å². The minimum Gasteiger partial charge on any atom is -0.497 e. The quantitative estimate of drug-likeness (QED) is 0.169. The van der Waals surface area contributed by atoms with Crippen molar-refractivity contribution in [2.75, 3.05) is 33.9 Å². The number of thiazole rings is 1. The number of carbonyl (C=O) groups is 3. The van der Waals surface area contributed by atoms with Crippen molar-refractivity contribution in [1.29, 1.82) is 0 Å². The van der Waals surface area contributed by atoms with E-state index in [1.165, 1.54) is 39.8 Å². The van der Waals surface area contributed by atoms with Gasteiger partial charge in [0.2, 0.25) is 15.9 Å². The Balaban J connectivity index is 1.60. The van der Waals surface area contributed by atoms with Gasteiger partial charge in [-0.1, -0.05) is 70.9 Å². The van der Waals surface area contributed by atoms with Crippen LogP contribution in [-0.4, -0.2) is 103 Å². The van der Waals surface area contributed by atoms with E-state index in [0.717, 1.165) is 21.9 Å². The van der Waals surface area contributed by atoms with Crippen molar-refractivity contribution < 1.29 is 37.4 Å². The van der Waals surface area contributed by atoms with Crippen molar-refractivity contribution in [3.63, 3.8) is 0 Å². The van der Waals surface area contributed by atoms with Crippen LogP contribution in [0.25, 0.3) is 0 Å². The zero-order valence-electron chi connectivity index (χ0n) is 30.8. The van der Waals surface area contributed by atoms with Gasteiger partial charge in [-0.05, 0) is 48.1 Å². The highest BCUT2D eigenvalue weighted by Crippen LogP contribution is 2.26. The number of aromatic nitrogens is 1. The Morgan fingerprint density at radius 1 is 1.10 bits per heavy atom. The van der Waals surface area contributed by atoms with E-state index in [1.807, 2.05) is 58.0 Å². The Morgan fingerprint density at radius 2 is 1.79 bits per heavy atom. The van der Waals surface area contributed by atoms with Crippen LogP contribution in [-0.2, 0) is 43.9 Å². The number of urea groups is 1. The maximum Gasteiger partial charge on any atom is 0.328 e. The molecular weight excluding hydrogens is 707 g/mol. The van der Waals surface area contributed by atoms with Crippen molar-refractivity contribution in [3.05, 3.63) is 76.2 Å². The molecule has 2 heterocycles. The first-order valence-corrected chi connectivity index (χ1v) is 19.7. The molecule has 0 unspecified atom stereocenters. The summed E-state index contributed by atoms with van der Waals surface area (Å²) in [6, 6.07) is 12.8. The number of aliphatic hydroxyl groups excluding tert-OH is 1. The summed E-state index contributed by atoms with van der Waals surface area (Å²) in [7, 11) is -1.03. The van der Waals surface area contributed by atoms with Gasteiger partial charge in [0.05, 0.1) is 43.0 Å². The van der Waals surface area contributed by atoms with Crippen LogP contribution in [0.1, 0.15) is 63.2 Å². The number of unbranched alkanes of at least 4 members (excludes halogenated alkanes) is 1. The van der Waals surface area contributed by atoms with E-state index < -0.39 is 51.5 Å². The minimum atomic E-state index is -4.08. The smallest absolute Gasteiger partial charge is 0.328 e. The summed E-state index contributed by atoms with van der Waals surface area (Å²) in [5, 5.41) is 17.3. The zero-order valence-corrected chi connectivity index (χ0v) is 32.4. The first kappa shape index (κ1) is 40.9. The van der Waals surface area contributed by atoms with Gasteiger partial charge in [-0.25, -0.2) is 18.2 Å². The molecule has 1 fully saturated rings. The van der Waals surface area contributed by atoms with E-state index in [9.17, 15) is 27.9 Å². The Kier molecular flexibility index (Phi) is 14.3. The SMILES string of the molecule is CCCC[C@H](C(=O)N[C@@H](Cc1ccccc1)[C@H](O)CN(CC(C)(C)C)S(=O)(=O)c1ccc(OC)cc1)N1CC(=O)N(Cc2csc(COC)n2)C1=O. The molecule has 1 aliphatic rings. The summed E-state index contributed by atoms with van der Waals surface area (Å²) in [6.45, 7) is 7.47. The average Bonchev–Trinajstić information content (AvgIpc) is 3.67. The molecule has 1 aromatic heterocycles. The van der Waals surface area contributed by atoms with Gasteiger partial charge in [0.15, 0.2) is 0 Å². The van der Waals surface area contributed by atoms with Crippen LogP contribution in [0.4, 0.5) is 4.79 Å². The lowest BCUT2D eigenvalue weighted by molar-refractivity contribution is -0.128. The number of rotatable bonds is 19. The molecule has 52 heavy (non-hydrogen) atoms. The third kappa shape index (κ3) is 10.8. The topological polar surface area (TPSA) is 159 Å². The van der Waals surface area contributed by atoms with Crippen LogP contribution in [0.3, 0.4) is 0 Å². The van der Waals surface area contributed by atoms with Gasteiger partial charge >= 0.3 is 6.03 Å². The highest BCUT2D eigenvalue weighted by atomic mass is 32.2. The van der Waals surface area contributed by atoms with Crippen LogP contribution < -0.4 is 10.1 Å². The number of nitrogens with one attached hydrogen (secondary N) is 1. The summed E-state index contributed by atoms with van der Waals surface area (Å²) in [4.78, 5) is 47.9. The van der Waals surface area contributed by atoms with Gasteiger partial charge in [-0.3, -0.25) is 14.5 Å². The lowest BCUT2D eigenvalue weighted by Crippen LogP contribution is -2.56. The summed E-state index contributed by atoms with van der Waals surface area (Å²) in [6.07, 6.45) is 0.483. The second-order valence-electron chi connectivity index (χ2n) is 14.1. The van der Waals surface area contributed by atoms with Gasteiger partial charge < -0.3 is 24.8 Å². The summed E-state index contributed by atoms with van der Waals surface area (Å²) in [5.41, 5.74) is 0.888. The first-order chi connectivity index (χ1) is 24.7. The molecule has 0 spiro atoms. The minimum absolute atomic E-state index is 0.0296. The lowest BCUT2D eigenvalue weighted by atomic mass is 9.96. The van der Waals surface area contributed by atoms with E-state index in [4.69, 9.17) is 9.47 Å². The molecule has 1 saturated heterocycles. The van der Waals surface area contributed by atoms with Crippen molar-refractivity contribution in [2.24, 2.45) is 5.41 Å². The van der Waals surface area contributed by atoms with Crippen molar-refractivity contribution in [2.45, 2.75) is 89.6 Å². The molecule has 0 bridgehead atoms. The van der Waals surface area contributed by atoms with Crippen LogP contribution in [0.5, 0.6) is 5.75 Å². The fourth-order valence-corrected chi connectivity index (χ4v) is 8.44. The van der Waals surface area contributed by atoms with E-state index in [2.05, 4.69) is 10.3 Å². The second kappa shape index (κ2) is 18.2. The average molecular weight is 758 g/mol. The number of benzene rings is 2. The molecule has 0 saturated carbocycles. The second-order valence-corrected chi connectivity index (χ2v) is 17.0. The Labute approximate surface area is 311 Å². The summed E-state index contributed by atoms with van der Waals surface area (Å²) in [5.74, 6) is -0.471. The van der Waals surface area contributed by atoms with Gasteiger partial charge in [0, 0.05) is 25.6 Å². The maximum absolute atomic E-state index is 14.2. The normalized spacial score (nSPS) is 15.6. The largest absolute Gasteiger partial charge is 0.497 e. The molecule has 284 valence electrons. The number of nitrogens with zero attached hydrogens (tertiary/aromatic N) is 4. The number of methoxy groups -OCH3 is 2. The van der Waals surface area contributed by atoms with Gasteiger partial charge in [-0.15, -0.1) is 11.3 Å². The molecule has 0 aliphatic carbocycles. The van der Waals surface area contributed by atoms with Crippen LogP contribution >= 0.6 is 11.3 Å². The molecule has 2 N–H and O–H groups in total. The molecule has 4 rings (SSSR count). The standard InChI is InChI=1S/C37H51N5O8S2/c1-7-8-14-31(41-22-34(44)42(36(41)46)20-27-24-51-33(38-27)23-49-5)35(45)39-30(19-26-12-10-9-11-13-26)32(43)21-40(25-37(2,3)4)52(47,48)29-17-15-28(50-6)16-18-29/h9-13,15-18,24,30-32,43H,7-8,14,19-23,25H2,1-6H3,(H,39,45)/t30-,31+,32+/m0/s1. The van der Waals surface area contributed by atoms with Gasteiger partial charge in [0.1, 0.15) is 23.3 Å². The molecule has 2 aromatic carbocycles. The predicted octanol–water partition coefficient (Wildman–Crippen LogP) is 4.45. The maximum atomic E-state index is 14.2. The summed E-state index contributed by atoms with van der Waals surface area (Å²) >= 11 is 1.37. The number of carbonyl (C=O) groups excluding carboxylic acids is 3. The highest BCUT2D eigenvalue weighted by molar-refractivity contribution is 7.89. The number of hydrogen-bond donors (Lipinski definition) is 2. The van der Waals surface area contributed by atoms with Crippen molar-refractivity contribution in [3.8, 4) is 5.75 Å². The van der Waals surface area contributed by atoms with E-state index in [0.29, 0.717) is 30.9 Å². The number of hydrogen-bond acceptors (Lipinski definition) is 10. The Hall–Kier alpha value is -3.89. The Bertz CT molecular complexity index is 1750. The van der Waals surface area contributed by atoms with E-state index in [1.54, 1.807) is 24.6 Å². The molecular formula is C37H51N5O8S2. The molecule has 13 nitrogen and oxygen atoms in total. The number of ether oxygens (including phenoxy) is 2. The zero-order chi connectivity index (χ0) is 38.1. The molecule has 0 radical (unpaired) electrons. The molecule has 3 aromatic rings. The van der Waals surface area contributed by atoms with Crippen molar-refractivity contribution >= 4 is 39.2 Å². The van der Waals surface area contributed by atoms with E-state index in [-0.39, 0.29) is 37.5 Å². The number of sulfonamides is 1.